The first-order valence-electron chi connectivity index (χ1n) is 5.85. The second-order valence-electron chi connectivity index (χ2n) is 4.04. The van der Waals surface area contributed by atoms with Crippen LogP contribution in [0.3, 0.4) is 0 Å². The minimum atomic E-state index is -0.195. The Morgan fingerprint density at radius 3 is 2.53 bits per heavy atom. The van der Waals surface area contributed by atoms with Crippen LogP contribution in [0.15, 0.2) is 24.4 Å². The molecule has 1 aromatic heterocycles. The van der Waals surface area contributed by atoms with Crippen molar-refractivity contribution in [2.45, 2.75) is 13.5 Å². The SMILES string of the molecule is COc1cc(-c2ccnc(CO)n2)c(OC)cc1C. The fourth-order valence-electron chi connectivity index (χ4n) is 1.88. The molecular formula is C14H16N2O3. The van der Waals surface area contributed by atoms with Crippen molar-refractivity contribution in [3.05, 3.63) is 35.8 Å². The van der Waals surface area contributed by atoms with E-state index in [1.807, 2.05) is 19.1 Å². The monoisotopic (exact) mass is 260 g/mol. The van der Waals surface area contributed by atoms with Gasteiger partial charge in [0.25, 0.3) is 0 Å². The van der Waals surface area contributed by atoms with Gasteiger partial charge in [0.05, 0.1) is 19.9 Å². The van der Waals surface area contributed by atoms with E-state index in [-0.39, 0.29) is 6.61 Å². The van der Waals surface area contributed by atoms with Crippen LogP contribution in [0.2, 0.25) is 0 Å². The first-order valence-corrected chi connectivity index (χ1v) is 5.85. The summed E-state index contributed by atoms with van der Waals surface area (Å²) in [6, 6.07) is 5.54. The average molecular weight is 260 g/mol. The molecule has 1 aromatic carbocycles. The van der Waals surface area contributed by atoms with E-state index in [0.29, 0.717) is 17.3 Å². The van der Waals surface area contributed by atoms with E-state index in [1.54, 1.807) is 26.5 Å². The summed E-state index contributed by atoms with van der Waals surface area (Å²) in [6.45, 7) is 1.75. The molecule has 0 saturated heterocycles. The Labute approximate surface area is 111 Å². The molecule has 0 fully saturated rings. The number of aromatic nitrogens is 2. The third-order valence-corrected chi connectivity index (χ3v) is 2.84. The number of rotatable bonds is 4. The fourth-order valence-corrected chi connectivity index (χ4v) is 1.88. The highest BCUT2D eigenvalue weighted by Crippen LogP contribution is 2.34. The summed E-state index contributed by atoms with van der Waals surface area (Å²) in [5.74, 6) is 1.85. The van der Waals surface area contributed by atoms with Gasteiger partial charge in [-0.2, -0.15) is 0 Å². The largest absolute Gasteiger partial charge is 0.496 e. The van der Waals surface area contributed by atoms with Crippen molar-refractivity contribution in [2.75, 3.05) is 14.2 Å². The molecule has 100 valence electrons. The number of aryl methyl sites for hydroxylation is 1. The van der Waals surface area contributed by atoms with Crippen LogP contribution < -0.4 is 9.47 Å². The van der Waals surface area contributed by atoms with Crippen molar-refractivity contribution in [1.82, 2.24) is 9.97 Å². The van der Waals surface area contributed by atoms with Crippen molar-refractivity contribution in [3.63, 3.8) is 0 Å². The molecule has 0 aliphatic carbocycles. The lowest BCUT2D eigenvalue weighted by Crippen LogP contribution is -1.98. The third-order valence-electron chi connectivity index (χ3n) is 2.84. The van der Waals surface area contributed by atoms with Crippen molar-refractivity contribution >= 4 is 0 Å². The number of methoxy groups -OCH3 is 2. The second-order valence-corrected chi connectivity index (χ2v) is 4.04. The molecule has 5 nitrogen and oxygen atoms in total. The zero-order valence-electron chi connectivity index (χ0n) is 11.2. The van der Waals surface area contributed by atoms with Gasteiger partial charge in [-0.1, -0.05) is 0 Å². The minimum Gasteiger partial charge on any atom is -0.496 e. The van der Waals surface area contributed by atoms with Gasteiger partial charge < -0.3 is 14.6 Å². The zero-order chi connectivity index (χ0) is 13.8. The Balaban J connectivity index is 2.58. The van der Waals surface area contributed by atoms with E-state index in [2.05, 4.69) is 9.97 Å². The fraction of sp³-hybridized carbons (Fsp3) is 0.286. The number of hydrogen-bond acceptors (Lipinski definition) is 5. The van der Waals surface area contributed by atoms with Crippen LogP contribution in [-0.2, 0) is 6.61 Å². The average Bonchev–Trinajstić information content (AvgIpc) is 2.46. The molecule has 2 rings (SSSR count). The summed E-state index contributed by atoms with van der Waals surface area (Å²) in [7, 11) is 3.23. The summed E-state index contributed by atoms with van der Waals surface area (Å²) in [5.41, 5.74) is 2.48. The molecule has 19 heavy (non-hydrogen) atoms. The predicted molar refractivity (Wildman–Crippen MR) is 71.2 cm³/mol. The van der Waals surface area contributed by atoms with Crippen LogP contribution in [0.4, 0.5) is 0 Å². The molecule has 0 bridgehead atoms. The quantitative estimate of drug-likeness (QED) is 0.910. The molecule has 0 radical (unpaired) electrons. The van der Waals surface area contributed by atoms with Gasteiger partial charge in [0.2, 0.25) is 0 Å². The highest BCUT2D eigenvalue weighted by atomic mass is 16.5. The Bertz CT molecular complexity index is 585. The summed E-state index contributed by atoms with van der Waals surface area (Å²) >= 11 is 0. The minimum absolute atomic E-state index is 0.195. The third kappa shape index (κ3) is 2.66. The Hall–Kier alpha value is -2.14. The van der Waals surface area contributed by atoms with Crippen LogP contribution >= 0.6 is 0 Å². The molecule has 0 spiro atoms. The van der Waals surface area contributed by atoms with Gasteiger partial charge in [-0.15, -0.1) is 0 Å². The molecule has 0 aliphatic heterocycles. The number of aliphatic hydroxyl groups excluding tert-OH is 1. The molecular weight excluding hydrogens is 244 g/mol. The van der Waals surface area contributed by atoms with Crippen LogP contribution in [0.1, 0.15) is 11.4 Å². The van der Waals surface area contributed by atoms with Crippen molar-refractivity contribution in [2.24, 2.45) is 0 Å². The Kier molecular flexibility index (Phi) is 3.97. The lowest BCUT2D eigenvalue weighted by Gasteiger charge is -2.12. The molecule has 0 atom stereocenters. The topological polar surface area (TPSA) is 64.5 Å². The maximum atomic E-state index is 9.10. The summed E-state index contributed by atoms with van der Waals surface area (Å²) in [6.07, 6.45) is 1.61. The molecule has 5 heteroatoms. The Morgan fingerprint density at radius 2 is 1.89 bits per heavy atom. The van der Waals surface area contributed by atoms with Crippen LogP contribution in [0.25, 0.3) is 11.3 Å². The molecule has 1 heterocycles. The number of nitrogens with zero attached hydrogens (tertiary/aromatic N) is 2. The van der Waals surface area contributed by atoms with Crippen LogP contribution in [0, 0.1) is 6.92 Å². The van der Waals surface area contributed by atoms with Gasteiger partial charge in [0.1, 0.15) is 18.1 Å². The summed E-state index contributed by atoms with van der Waals surface area (Å²) < 4.78 is 10.7. The molecule has 0 amide bonds. The smallest absolute Gasteiger partial charge is 0.154 e. The highest BCUT2D eigenvalue weighted by Gasteiger charge is 2.12. The Morgan fingerprint density at radius 1 is 1.16 bits per heavy atom. The van der Waals surface area contributed by atoms with E-state index in [9.17, 15) is 0 Å². The van der Waals surface area contributed by atoms with Crippen molar-refractivity contribution < 1.29 is 14.6 Å². The van der Waals surface area contributed by atoms with E-state index < -0.39 is 0 Å². The molecule has 0 aliphatic rings. The first-order chi connectivity index (χ1) is 9.19. The van der Waals surface area contributed by atoms with Gasteiger partial charge >= 0.3 is 0 Å². The van der Waals surface area contributed by atoms with Gasteiger partial charge in [-0.3, -0.25) is 0 Å². The highest BCUT2D eigenvalue weighted by molar-refractivity contribution is 5.70. The van der Waals surface area contributed by atoms with Crippen LogP contribution in [0.5, 0.6) is 11.5 Å². The van der Waals surface area contributed by atoms with Gasteiger partial charge in [-0.05, 0) is 30.7 Å². The first kappa shape index (κ1) is 13.3. The maximum Gasteiger partial charge on any atom is 0.154 e. The van der Waals surface area contributed by atoms with E-state index >= 15 is 0 Å². The van der Waals surface area contributed by atoms with Gasteiger partial charge in [0.15, 0.2) is 5.82 Å². The van der Waals surface area contributed by atoms with E-state index in [0.717, 1.165) is 16.9 Å². The normalized spacial score (nSPS) is 10.3. The van der Waals surface area contributed by atoms with Crippen molar-refractivity contribution in [3.8, 4) is 22.8 Å². The molecule has 1 N–H and O–H groups in total. The number of hydrogen-bond donors (Lipinski definition) is 1. The molecule has 2 aromatic rings. The van der Waals surface area contributed by atoms with E-state index in [1.165, 1.54) is 0 Å². The summed E-state index contributed by atoms with van der Waals surface area (Å²) in [5, 5.41) is 9.10. The van der Waals surface area contributed by atoms with E-state index in [4.69, 9.17) is 14.6 Å². The maximum absolute atomic E-state index is 9.10. The standard InChI is InChI=1S/C14H16N2O3/c1-9-6-13(19-3)10(7-12(9)18-2)11-4-5-15-14(8-17)16-11/h4-7,17H,8H2,1-3H3. The van der Waals surface area contributed by atoms with Crippen molar-refractivity contribution in [1.29, 1.82) is 0 Å². The second kappa shape index (κ2) is 5.67. The lowest BCUT2D eigenvalue weighted by atomic mass is 10.1. The number of ether oxygens (including phenoxy) is 2. The molecule has 0 unspecified atom stereocenters. The molecule has 0 saturated carbocycles. The number of benzene rings is 1. The summed E-state index contributed by atoms with van der Waals surface area (Å²) in [4.78, 5) is 8.24. The predicted octanol–water partition coefficient (Wildman–Crippen LogP) is 1.96. The van der Waals surface area contributed by atoms with Crippen LogP contribution in [-0.4, -0.2) is 29.3 Å². The lowest BCUT2D eigenvalue weighted by molar-refractivity contribution is 0.271. The van der Waals surface area contributed by atoms with Gasteiger partial charge in [0, 0.05) is 11.8 Å². The number of aliphatic hydroxyl groups is 1. The zero-order valence-corrected chi connectivity index (χ0v) is 11.2. The van der Waals surface area contributed by atoms with Gasteiger partial charge in [-0.25, -0.2) is 9.97 Å².